The Bertz CT molecular complexity index is 167. The summed E-state index contributed by atoms with van der Waals surface area (Å²) < 4.78 is 0. The van der Waals surface area contributed by atoms with Crippen molar-refractivity contribution >= 4 is 0 Å². The molecule has 0 unspecified atom stereocenters. The van der Waals surface area contributed by atoms with Crippen LogP contribution in [0.4, 0.5) is 0 Å². The van der Waals surface area contributed by atoms with Gasteiger partial charge in [-0.3, -0.25) is 0 Å². The standard InChI is InChI=1S/C12H26N2O/c1-14(10-6-2-5-9-13)11-12(15)7-3-4-8-12/h15H,2-11,13H2,1H3. The van der Waals surface area contributed by atoms with Crippen LogP contribution in [-0.2, 0) is 0 Å². The summed E-state index contributed by atoms with van der Waals surface area (Å²) in [6.45, 7) is 2.73. The van der Waals surface area contributed by atoms with E-state index in [0.717, 1.165) is 38.9 Å². The zero-order chi connectivity index (χ0) is 11.1. The summed E-state index contributed by atoms with van der Waals surface area (Å²) in [7, 11) is 2.11. The predicted octanol–water partition coefficient (Wildman–Crippen LogP) is 1.35. The molecule has 1 aliphatic rings. The van der Waals surface area contributed by atoms with E-state index in [1.165, 1.54) is 25.7 Å². The van der Waals surface area contributed by atoms with Gasteiger partial charge in [-0.2, -0.15) is 0 Å². The van der Waals surface area contributed by atoms with E-state index in [9.17, 15) is 5.11 Å². The molecule has 15 heavy (non-hydrogen) atoms. The molecule has 0 aromatic heterocycles. The van der Waals surface area contributed by atoms with Gasteiger partial charge in [0.25, 0.3) is 0 Å². The maximum absolute atomic E-state index is 10.2. The van der Waals surface area contributed by atoms with Crippen LogP contribution in [0.25, 0.3) is 0 Å². The number of hydrogen-bond acceptors (Lipinski definition) is 3. The van der Waals surface area contributed by atoms with Gasteiger partial charge < -0.3 is 15.7 Å². The third kappa shape index (κ3) is 4.96. The maximum Gasteiger partial charge on any atom is 0.0774 e. The highest BCUT2D eigenvalue weighted by Crippen LogP contribution is 2.29. The first-order valence-electron chi connectivity index (χ1n) is 6.27. The van der Waals surface area contributed by atoms with Crippen molar-refractivity contribution in [1.29, 1.82) is 0 Å². The molecule has 0 bridgehead atoms. The Morgan fingerprint density at radius 3 is 2.47 bits per heavy atom. The monoisotopic (exact) mass is 214 g/mol. The lowest BCUT2D eigenvalue weighted by molar-refractivity contribution is 0.0161. The number of nitrogens with zero attached hydrogens (tertiary/aromatic N) is 1. The van der Waals surface area contributed by atoms with Gasteiger partial charge in [0.05, 0.1) is 5.60 Å². The average molecular weight is 214 g/mol. The summed E-state index contributed by atoms with van der Waals surface area (Å²) in [6.07, 6.45) is 7.89. The normalized spacial score (nSPS) is 20.0. The van der Waals surface area contributed by atoms with Gasteiger partial charge in [0.2, 0.25) is 0 Å². The zero-order valence-corrected chi connectivity index (χ0v) is 10.0. The van der Waals surface area contributed by atoms with Gasteiger partial charge in [-0.25, -0.2) is 0 Å². The third-order valence-electron chi connectivity index (χ3n) is 3.34. The Kier molecular flexibility index (Phi) is 5.58. The smallest absolute Gasteiger partial charge is 0.0774 e. The van der Waals surface area contributed by atoms with Gasteiger partial charge in [-0.1, -0.05) is 19.3 Å². The third-order valence-corrected chi connectivity index (χ3v) is 3.34. The second-order valence-electron chi connectivity index (χ2n) is 5.02. The summed E-state index contributed by atoms with van der Waals surface area (Å²) in [5.41, 5.74) is 5.06. The van der Waals surface area contributed by atoms with Crippen LogP contribution in [0.1, 0.15) is 44.9 Å². The Hall–Kier alpha value is -0.120. The summed E-state index contributed by atoms with van der Waals surface area (Å²) in [5, 5.41) is 10.2. The number of aliphatic hydroxyl groups is 1. The van der Waals surface area contributed by atoms with Crippen LogP contribution >= 0.6 is 0 Å². The molecule has 1 saturated carbocycles. The molecule has 0 atom stereocenters. The summed E-state index contributed by atoms with van der Waals surface area (Å²) in [4.78, 5) is 2.27. The molecule has 90 valence electrons. The summed E-state index contributed by atoms with van der Waals surface area (Å²) >= 11 is 0. The van der Waals surface area contributed by atoms with E-state index >= 15 is 0 Å². The quantitative estimate of drug-likeness (QED) is 0.629. The van der Waals surface area contributed by atoms with Crippen molar-refractivity contribution in [3.8, 4) is 0 Å². The zero-order valence-electron chi connectivity index (χ0n) is 10.0. The van der Waals surface area contributed by atoms with Crippen LogP contribution in [0.3, 0.4) is 0 Å². The van der Waals surface area contributed by atoms with E-state index in [-0.39, 0.29) is 5.60 Å². The average Bonchev–Trinajstić information content (AvgIpc) is 2.59. The molecule has 0 aromatic rings. The van der Waals surface area contributed by atoms with Crippen molar-refractivity contribution in [3.05, 3.63) is 0 Å². The number of unbranched alkanes of at least 4 members (excludes halogenated alkanes) is 2. The van der Waals surface area contributed by atoms with Crippen molar-refractivity contribution in [1.82, 2.24) is 4.90 Å². The van der Waals surface area contributed by atoms with Gasteiger partial charge >= 0.3 is 0 Å². The van der Waals surface area contributed by atoms with E-state index in [1.807, 2.05) is 0 Å². The topological polar surface area (TPSA) is 49.5 Å². The Morgan fingerprint density at radius 1 is 1.20 bits per heavy atom. The largest absolute Gasteiger partial charge is 0.389 e. The fraction of sp³-hybridized carbons (Fsp3) is 1.00. The molecular formula is C12H26N2O. The summed E-state index contributed by atoms with van der Waals surface area (Å²) in [6, 6.07) is 0. The molecule has 1 aliphatic carbocycles. The lowest BCUT2D eigenvalue weighted by atomic mass is 10.0. The van der Waals surface area contributed by atoms with Gasteiger partial charge in [0, 0.05) is 6.54 Å². The van der Waals surface area contributed by atoms with E-state index < -0.39 is 0 Å². The molecule has 0 heterocycles. The first-order chi connectivity index (χ1) is 7.16. The fourth-order valence-corrected chi connectivity index (χ4v) is 2.48. The van der Waals surface area contributed by atoms with Crippen LogP contribution in [0.5, 0.6) is 0 Å². The molecule has 0 radical (unpaired) electrons. The lowest BCUT2D eigenvalue weighted by Crippen LogP contribution is -2.39. The molecule has 0 aromatic carbocycles. The van der Waals surface area contributed by atoms with Gasteiger partial charge in [0.1, 0.15) is 0 Å². The van der Waals surface area contributed by atoms with Crippen LogP contribution in [0, 0.1) is 0 Å². The minimum absolute atomic E-state index is 0.386. The number of rotatable bonds is 7. The highest BCUT2D eigenvalue weighted by Gasteiger charge is 2.31. The van der Waals surface area contributed by atoms with E-state index in [4.69, 9.17) is 5.73 Å². The summed E-state index contributed by atoms with van der Waals surface area (Å²) in [5.74, 6) is 0. The molecule has 1 fully saturated rings. The molecule has 0 amide bonds. The minimum Gasteiger partial charge on any atom is -0.389 e. The molecule has 0 spiro atoms. The first kappa shape index (κ1) is 12.9. The SMILES string of the molecule is CN(CCCCCN)CC1(O)CCCC1. The second-order valence-corrected chi connectivity index (χ2v) is 5.02. The van der Waals surface area contributed by atoms with Crippen LogP contribution < -0.4 is 5.73 Å². The minimum atomic E-state index is -0.386. The maximum atomic E-state index is 10.2. The predicted molar refractivity (Wildman–Crippen MR) is 63.8 cm³/mol. The highest BCUT2D eigenvalue weighted by atomic mass is 16.3. The molecule has 3 nitrogen and oxygen atoms in total. The molecule has 3 N–H and O–H groups in total. The van der Waals surface area contributed by atoms with Crippen LogP contribution in [0.2, 0.25) is 0 Å². The number of likely N-dealkylation sites (N-methyl/N-ethyl adjacent to an activating group) is 1. The molecule has 0 saturated heterocycles. The molecule has 1 rings (SSSR count). The first-order valence-corrected chi connectivity index (χ1v) is 6.27. The molecule has 3 heteroatoms. The molecule has 0 aliphatic heterocycles. The Balaban J connectivity index is 2.09. The Morgan fingerprint density at radius 2 is 1.87 bits per heavy atom. The van der Waals surface area contributed by atoms with Gasteiger partial charge in [-0.15, -0.1) is 0 Å². The number of nitrogens with two attached hydrogens (primary N) is 1. The van der Waals surface area contributed by atoms with Crippen molar-refractivity contribution in [3.63, 3.8) is 0 Å². The van der Waals surface area contributed by atoms with Crippen molar-refractivity contribution in [2.45, 2.75) is 50.5 Å². The van der Waals surface area contributed by atoms with E-state index in [2.05, 4.69) is 11.9 Å². The van der Waals surface area contributed by atoms with Crippen molar-refractivity contribution in [2.75, 3.05) is 26.7 Å². The molecular weight excluding hydrogens is 188 g/mol. The van der Waals surface area contributed by atoms with Gasteiger partial charge in [-0.05, 0) is 45.8 Å². The fourth-order valence-electron chi connectivity index (χ4n) is 2.48. The van der Waals surface area contributed by atoms with Crippen molar-refractivity contribution < 1.29 is 5.11 Å². The van der Waals surface area contributed by atoms with Gasteiger partial charge in [0.15, 0.2) is 0 Å². The Labute approximate surface area is 93.6 Å². The number of hydrogen-bond donors (Lipinski definition) is 2. The van der Waals surface area contributed by atoms with E-state index in [0.29, 0.717) is 0 Å². The second kappa shape index (κ2) is 6.46. The van der Waals surface area contributed by atoms with Crippen LogP contribution in [-0.4, -0.2) is 42.3 Å². The lowest BCUT2D eigenvalue weighted by Gasteiger charge is -2.28. The van der Waals surface area contributed by atoms with Crippen LogP contribution in [0.15, 0.2) is 0 Å². The van der Waals surface area contributed by atoms with Crippen molar-refractivity contribution in [2.24, 2.45) is 5.73 Å². The highest BCUT2D eigenvalue weighted by molar-refractivity contribution is 4.86. The van der Waals surface area contributed by atoms with E-state index in [1.54, 1.807) is 0 Å².